The van der Waals surface area contributed by atoms with Gasteiger partial charge in [0, 0.05) is 37.8 Å². The van der Waals surface area contributed by atoms with Crippen molar-refractivity contribution in [2.24, 2.45) is 0 Å². The summed E-state index contributed by atoms with van der Waals surface area (Å²) in [6.07, 6.45) is 1.12. The molecule has 1 rings (SSSR count). The van der Waals surface area contributed by atoms with E-state index in [1.807, 2.05) is 20.8 Å². The Balaban J connectivity index is 0.00000116. The summed E-state index contributed by atoms with van der Waals surface area (Å²) in [6.45, 7) is 13.3. The number of aliphatic carboxylic acids is 2. The highest BCUT2D eigenvalue weighted by molar-refractivity contribution is 7.91. The van der Waals surface area contributed by atoms with Crippen molar-refractivity contribution in [3.05, 3.63) is 42.0 Å². The van der Waals surface area contributed by atoms with Crippen LogP contribution in [0.1, 0.15) is 33.3 Å². The second-order valence-corrected chi connectivity index (χ2v) is 9.80. The predicted molar refractivity (Wildman–Crippen MR) is 131 cm³/mol. The summed E-state index contributed by atoms with van der Waals surface area (Å²) in [5, 5.41) is 18.5. The Morgan fingerprint density at radius 2 is 1.47 bits per heavy atom. The van der Waals surface area contributed by atoms with Crippen LogP contribution in [0, 0.1) is 6.92 Å². The molecule has 0 aliphatic carbocycles. The molecule has 0 radical (unpaired) electrons. The summed E-state index contributed by atoms with van der Waals surface area (Å²) in [5.74, 6) is -2.60. The molecule has 0 aliphatic heterocycles. The van der Waals surface area contributed by atoms with E-state index < -0.39 is 21.8 Å². The van der Waals surface area contributed by atoms with Crippen molar-refractivity contribution in [1.29, 1.82) is 0 Å². The van der Waals surface area contributed by atoms with Gasteiger partial charge in [-0.2, -0.15) is 0 Å². The summed E-state index contributed by atoms with van der Waals surface area (Å²) < 4.78 is 25.0. The maximum atomic E-state index is 12.5. The number of aryl methyl sites for hydroxylation is 1. The zero-order chi connectivity index (χ0) is 26.3. The van der Waals surface area contributed by atoms with Gasteiger partial charge in [-0.05, 0) is 46.0 Å². The molecule has 11 heteroatoms. The van der Waals surface area contributed by atoms with Gasteiger partial charge in [-0.15, -0.1) is 0 Å². The van der Waals surface area contributed by atoms with Gasteiger partial charge in [0.2, 0.25) is 0 Å². The highest BCUT2D eigenvalue weighted by Crippen LogP contribution is 2.13. The van der Waals surface area contributed by atoms with E-state index in [1.54, 1.807) is 29.2 Å². The molecule has 0 spiro atoms. The Hall–Kier alpha value is -2.92. The standard InChI is InChI=1S/C19H33N3O3S.C4H4O4/c1-6-21(7-2)13-12-20-19(23)22(16(3)4)14-15-26(24,25)18-10-8-17(5)9-11-18;5-3(6)1-2-4(7)8/h8-11,16H,6-7,12-15H2,1-5H3,(H,20,23);1-2H,(H,5,6)(H,7,8). The number of nitrogens with zero attached hydrogens (tertiary/aromatic N) is 2. The fourth-order valence-corrected chi connectivity index (χ4v) is 4.00. The van der Waals surface area contributed by atoms with Gasteiger partial charge in [-0.3, -0.25) is 0 Å². The number of benzene rings is 1. The van der Waals surface area contributed by atoms with E-state index in [4.69, 9.17) is 10.2 Å². The SMILES string of the molecule is CCN(CC)CCNC(=O)N(CCS(=O)(=O)c1ccc(C)cc1)C(C)C.O=C(O)C=CC(=O)O. The van der Waals surface area contributed by atoms with Crippen LogP contribution >= 0.6 is 0 Å². The van der Waals surface area contributed by atoms with Crippen molar-refractivity contribution >= 4 is 27.8 Å². The Kier molecular flexibility index (Phi) is 14.5. The number of carbonyl (C=O) groups excluding carboxylic acids is 1. The lowest BCUT2D eigenvalue weighted by atomic mass is 10.2. The Bertz CT molecular complexity index is 893. The minimum Gasteiger partial charge on any atom is -0.478 e. The number of urea groups is 1. The van der Waals surface area contributed by atoms with Crippen molar-refractivity contribution in [3.8, 4) is 0 Å². The lowest BCUT2D eigenvalue weighted by Crippen LogP contribution is -2.47. The van der Waals surface area contributed by atoms with E-state index in [0.29, 0.717) is 23.6 Å². The second-order valence-electron chi connectivity index (χ2n) is 7.69. The number of carbonyl (C=O) groups is 3. The third-order valence-electron chi connectivity index (χ3n) is 4.83. The summed E-state index contributed by atoms with van der Waals surface area (Å²) >= 11 is 0. The molecule has 1 aromatic rings. The summed E-state index contributed by atoms with van der Waals surface area (Å²) in [5.41, 5.74) is 1.01. The van der Waals surface area contributed by atoms with Gasteiger partial charge < -0.3 is 25.3 Å². The fraction of sp³-hybridized carbons (Fsp3) is 0.522. The summed E-state index contributed by atoms with van der Waals surface area (Å²) in [7, 11) is -3.41. The molecule has 34 heavy (non-hydrogen) atoms. The van der Waals surface area contributed by atoms with Crippen LogP contribution < -0.4 is 5.32 Å². The van der Waals surface area contributed by atoms with Gasteiger partial charge in [-0.25, -0.2) is 22.8 Å². The van der Waals surface area contributed by atoms with Crippen LogP contribution in [0.2, 0.25) is 0 Å². The lowest BCUT2D eigenvalue weighted by Gasteiger charge is -2.27. The Morgan fingerprint density at radius 1 is 0.971 bits per heavy atom. The number of amides is 2. The van der Waals surface area contributed by atoms with Crippen molar-refractivity contribution in [1.82, 2.24) is 15.1 Å². The number of carboxylic acid groups (broad SMARTS) is 2. The normalized spacial score (nSPS) is 11.3. The number of rotatable bonds is 12. The van der Waals surface area contributed by atoms with Crippen LogP contribution in [0.25, 0.3) is 0 Å². The van der Waals surface area contributed by atoms with Crippen LogP contribution in [-0.4, -0.2) is 90.9 Å². The average molecular weight is 500 g/mol. The van der Waals surface area contributed by atoms with Crippen LogP contribution in [0.15, 0.2) is 41.3 Å². The first-order chi connectivity index (χ1) is 15.8. The second kappa shape index (κ2) is 15.8. The molecule has 0 aromatic heterocycles. The molecule has 0 atom stereocenters. The summed E-state index contributed by atoms with van der Waals surface area (Å²) in [6, 6.07) is 6.52. The molecule has 192 valence electrons. The van der Waals surface area contributed by atoms with Crippen molar-refractivity contribution in [2.45, 2.75) is 45.6 Å². The third-order valence-corrected chi connectivity index (χ3v) is 6.54. The van der Waals surface area contributed by atoms with Gasteiger partial charge in [0.15, 0.2) is 9.84 Å². The topological polar surface area (TPSA) is 144 Å². The monoisotopic (exact) mass is 499 g/mol. The summed E-state index contributed by atoms with van der Waals surface area (Å²) in [4.78, 5) is 35.7. The highest BCUT2D eigenvalue weighted by atomic mass is 32.2. The van der Waals surface area contributed by atoms with Gasteiger partial charge in [-0.1, -0.05) is 31.5 Å². The number of carboxylic acids is 2. The minimum absolute atomic E-state index is 0.0725. The highest BCUT2D eigenvalue weighted by Gasteiger charge is 2.21. The van der Waals surface area contributed by atoms with E-state index in [0.717, 1.165) is 25.2 Å². The maximum absolute atomic E-state index is 12.5. The van der Waals surface area contributed by atoms with Crippen LogP contribution in [0.3, 0.4) is 0 Å². The maximum Gasteiger partial charge on any atom is 0.328 e. The molecule has 0 unspecified atom stereocenters. The Labute approximate surface area is 202 Å². The average Bonchev–Trinajstić information content (AvgIpc) is 2.76. The molecule has 10 nitrogen and oxygen atoms in total. The van der Waals surface area contributed by atoms with E-state index in [2.05, 4.69) is 24.1 Å². The number of hydrogen-bond acceptors (Lipinski definition) is 6. The third kappa shape index (κ3) is 12.9. The zero-order valence-electron chi connectivity index (χ0n) is 20.5. The van der Waals surface area contributed by atoms with Crippen LogP contribution in [0.4, 0.5) is 4.79 Å². The number of nitrogens with one attached hydrogen (secondary N) is 1. The predicted octanol–water partition coefficient (Wildman–Crippen LogP) is 2.24. The van der Waals surface area contributed by atoms with Gasteiger partial charge in [0.1, 0.15) is 0 Å². The molecule has 0 saturated carbocycles. The molecule has 0 aliphatic rings. The molecule has 3 N–H and O–H groups in total. The lowest BCUT2D eigenvalue weighted by molar-refractivity contribution is -0.134. The zero-order valence-corrected chi connectivity index (χ0v) is 21.3. The van der Waals surface area contributed by atoms with Crippen LogP contribution in [-0.2, 0) is 19.4 Å². The van der Waals surface area contributed by atoms with E-state index in [-0.39, 0.29) is 24.4 Å². The van der Waals surface area contributed by atoms with Crippen molar-refractivity contribution in [2.75, 3.05) is 38.5 Å². The van der Waals surface area contributed by atoms with Crippen LogP contribution in [0.5, 0.6) is 0 Å². The molecule has 0 fully saturated rings. The molecule has 0 heterocycles. The molecule has 1 aromatic carbocycles. The smallest absolute Gasteiger partial charge is 0.328 e. The van der Waals surface area contributed by atoms with E-state index in [9.17, 15) is 22.8 Å². The van der Waals surface area contributed by atoms with Gasteiger partial charge in [0.25, 0.3) is 0 Å². The number of hydrogen-bond donors (Lipinski definition) is 3. The molecular formula is C23H37N3O7S. The van der Waals surface area contributed by atoms with Crippen molar-refractivity contribution < 1.29 is 33.0 Å². The first-order valence-corrected chi connectivity index (χ1v) is 12.7. The quantitative estimate of drug-likeness (QED) is 0.371. The first kappa shape index (κ1) is 31.1. The Morgan fingerprint density at radius 3 is 1.88 bits per heavy atom. The van der Waals surface area contributed by atoms with E-state index in [1.165, 1.54) is 0 Å². The van der Waals surface area contributed by atoms with E-state index >= 15 is 0 Å². The first-order valence-electron chi connectivity index (χ1n) is 11.0. The fourth-order valence-electron chi connectivity index (χ4n) is 2.78. The number of likely N-dealkylation sites (N-methyl/N-ethyl adjacent to an activating group) is 1. The van der Waals surface area contributed by atoms with Crippen molar-refractivity contribution in [3.63, 3.8) is 0 Å². The van der Waals surface area contributed by atoms with Gasteiger partial charge >= 0.3 is 18.0 Å². The van der Waals surface area contributed by atoms with Gasteiger partial charge in [0.05, 0.1) is 10.6 Å². The molecular weight excluding hydrogens is 462 g/mol. The molecule has 0 bridgehead atoms. The number of sulfone groups is 1. The molecule has 2 amide bonds. The molecule has 0 saturated heterocycles. The largest absolute Gasteiger partial charge is 0.478 e. The minimum atomic E-state index is -3.41.